The van der Waals surface area contributed by atoms with E-state index in [1.807, 2.05) is 0 Å². The van der Waals surface area contributed by atoms with Crippen molar-refractivity contribution < 1.29 is 14.7 Å². The monoisotopic (exact) mass is 217 g/mol. The molecule has 16 heavy (non-hydrogen) atoms. The molecule has 0 aliphatic heterocycles. The molecule has 0 atom stereocenters. The predicted octanol–water partition coefficient (Wildman–Crippen LogP) is 0.375. The lowest BCUT2D eigenvalue weighted by Gasteiger charge is -2.16. The first-order chi connectivity index (χ1) is 7.74. The zero-order valence-corrected chi connectivity index (χ0v) is 8.56. The quantitative estimate of drug-likeness (QED) is 0.718. The van der Waals surface area contributed by atoms with E-state index < -0.39 is 11.6 Å². The van der Waals surface area contributed by atoms with Crippen molar-refractivity contribution in [2.45, 2.75) is 0 Å². The van der Waals surface area contributed by atoms with Crippen LogP contribution in [0.4, 0.5) is 0 Å². The zero-order valence-electron chi connectivity index (χ0n) is 8.56. The van der Waals surface area contributed by atoms with Crippen LogP contribution in [-0.2, 0) is 4.79 Å². The summed E-state index contributed by atoms with van der Waals surface area (Å²) < 4.78 is 0. The number of hydrogen-bond donors (Lipinski definition) is 2. The van der Waals surface area contributed by atoms with Gasteiger partial charge < -0.3 is 10.4 Å². The molecular formula is C12H11NO3. The fraction of sp³-hybridized carbons (Fsp3) is 0.167. The average molecular weight is 217 g/mol. The van der Waals surface area contributed by atoms with Gasteiger partial charge in [-0.15, -0.1) is 0 Å². The van der Waals surface area contributed by atoms with Crippen LogP contribution in [0, 0.1) is 0 Å². The van der Waals surface area contributed by atoms with Crippen molar-refractivity contribution in [3.05, 3.63) is 41.5 Å². The molecule has 0 fully saturated rings. The van der Waals surface area contributed by atoms with Gasteiger partial charge in [-0.3, -0.25) is 9.59 Å². The highest BCUT2D eigenvalue weighted by Crippen LogP contribution is 2.22. The van der Waals surface area contributed by atoms with E-state index in [-0.39, 0.29) is 6.61 Å². The average Bonchev–Trinajstić information content (AvgIpc) is 2.32. The van der Waals surface area contributed by atoms with Gasteiger partial charge in [0.05, 0.1) is 6.61 Å². The van der Waals surface area contributed by atoms with E-state index in [1.165, 1.54) is 6.08 Å². The highest BCUT2D eigenvalue weighted by molar-refractivity contribution is 6.50. The van der Waals surface area contributed by atoms with Gasteiger partial charge in [0.15, 0.2) is 0 Å². The van der Waals surface area contributed by atoms with Gasteiger partial charge in [0.2, 0.25) is 11.6 Å². The maximum absolute atomic E-state index is 11.6. The Hall–Kier alpha value is -1.94. The van der Waals surface area contributed by atoms with Crippen LogP contribution in [0.15, 0.2) is 30.3 Å². The van der Waals surface area contributed by atoms with Gasteiger partial charge in [-0.1, -0.05) is 24.3 Å². The molecule has 0 spiro atoms. The number of hydrogen-bond acceptors (Lipinski definition) is 4. The van der Waals surface area contributed by atoms with Gasteiger partial charge in [0.1, 0.15) is 0 Å². The summed E-state index contributed by atoms with van der Waals surface area (Å²) in [6.45, 7) is 0.323. The third-order valence-corrected chi connectivity index (χ3v) is 2.39. The van der Waals surface area contributed by atoms with E-state index in [0.717, 1.165) is 0 Å². The maximum Gasteiger partial charge on any atom is 0.233 e. The van der Waals surface area contributed by atoms with Gasteiger partial charge >= 0.3 is 0 Å². The van der Waals surface area contributed by atoms with Crippen LogP contribution in [-0.4, -0.2) is 29.8 Å². The van der Waals surface area contributed by atoms with Gasteiger partial charge in [-0.25, -0.2) is 0 Å². The lowest BCUT2D eigenvalue weighted by Crippen LogP contribution is -2.25. The number of allylic oxidation sites excluding steroid dienone is 1. The maximum atomic E-state index is 11.6. The third kappa shape index (κ3) is 1.75. The molecule has 82 valence electrons. The minimum Gasteiger partial charge on any atom is -0.395 e. The van der Waals surface area contributed by atoms with Crippen LogP contribution in [0.1, 0.15) is 15.9 Å². The van der Waals surface area contributed by atoms with E-state index >= 15 is 0 Å². The number of benzene rings is 1. The summed E-state index contributed by atoms with van der Waals surface area (Å²) in [4.78, 5) is 23.0. The Morgan fingerprint density at radius 3 is 2.50 bits per heavy atom. The van der Waals surface area contributed by atoms with Crippen molar-refractivity contribution in [1.82, 2.24) is 5.32 Å². The molecule has 0 bridgehead atoms. The van der Waals surface area contributed by atoms with E-state index in [2.05, 4.69) is 5.32 Å². The van der Waals surface area contributed by atoms with Crippen molar-refractivity contribution in [1.29, 1.82) is 0 Å². The SMILES string of the molecule is O=C1C=C(NCCO)c2ccccc2C1=O. The molecule has 0 amide bonds. The Kier molecular flexibility index (Phi) is 2.83. The predicted molar refractivity (Wildman–Crippen MR) is 58.8 cm³/mol. The molecule has 0 radical (unpaired) electrons. The van der Waals surface area contributed by atoms with Crippen molar-refractivity contribution >= 4 is 17.3 Å². The molecule has 0 unspecified atom stereocenters. The van der Waals surface area contributed by atoms with E-state index in [4.69, 9.17) is 5.11 Å². The smallest absolute Gasteiger partial charge is 0.233 e. The Balaban J connectivity index is 2.43. The number of fused-ring (bicyclic) bond motifs is 1. The molecule has 1 aromatic rings. The molecule has 0 heterocycles. The summed E-state index contributed by atoms with van der Waals surface area (Å²) in [5, 5.41) is 11.6. The highest BCUT2D eigenvalue weighted by Gasteiger charge is 2.24. The standard InChI is InChI=1S/C12H11NO3/c14-6-5-13-10-7-11(15)12(16)9-4-2-1-3-8(9)10/h1-4,7,13-14H,5-6H2. The minimum absolute atomic E-state index is 0.0261. The van der Waals surface area contributed by atoms with Crippen molar-refractivity contribution in [2.24, 2.45) is 0 Å². The molecule has 4 heteroatoms. The minimum atomic E-state index is -0.529. The molecule has 0 saturated carbocycles. The fourth-order valence-corrected chi connectivity index (χ4v) is 1.66. The molecule has 1 aromatic carbocycles. The molecular weight excluding hydrogens is 206 g/mol. The molecule has 1 aliphatic rings. The second-order valence-corrected chi connectivity index (χ2v) is 3.45. The largest absolute Gasteiger partial charge is 0.395 e. The number of rotatable bonds is 3. The van der Waals surface area contributed by atoms with Crippen LogP contribution in [0.2, 0.25) is 0 Å². The lowest BCUT2D eigenvalue weighted by molar-refractivity contribution is -0.111. The van der Waals surface area contributed by atoms with Gasteiger partial charge in [0.25, 0.3) is 0 Å². The van der Waals surface area contributed by atoms with Crippen molar-refractivity contribution in [3.63, 3.8) is 0 Å². The Morgan fingerprint density at radius 2 is 1.81 bits per heavy atom. The zero-order chi connectivity index (χ0) is 11.5. The van der Waals surface area contributed by atoms with E-state index in [0.29, 0.717) is 23.4 Å². The summed E-state index contributed by atoms with van der Waals surface area (Å²) in [5.41, 5.74) is 1.71. The Bertz CT molecular complexity index is 477. The number of carbonyl (C=O) groups is 2. The van der Waals surface area contributed by atoms with Crippen LogP contribution in [0.25, 0.3) is 5.70 Å². The fourth-order valence-electron chi connectivity index (χ4n) is 1.66. The van der Waals surface area contributed by atoms with E-state index in [1.54, 1.807) is 24.3 Å². The van der Waals surface area contributed by atoms with Crippen LogP contribution in [0.5, 0.6) is 0 Å². The second kappa shape index (κ2) is 4.28. The number of aliphatic hydroxyl groups excluding tert-OH is 1. The molecule has 0 saturated heterocycles. The summed E-state index contributed by atoms with van der Waals surface area (Å²) >= 11 is 0. The summed E-state index contributed by atoms with van der Waals surface area (Å²) in [6.07, 6.45) is 1.28. The number of carbonyl (C=O) groups excluding carboxylic acids is 2. The van der Waals surface area contributed by atoms with Crippen molar-refractivity contribution in [3.8, 4) is 0 Å². The summed E-state index contributed by atoms with van der Waals surface area (Å²) in [6, 6.07) is 6.93. The van der Waals surface area contributed by atoms with Gasteiger partial charge in [0, 0.05) is 29.4 Å². The normalized spacial score (nSPS) is 14.4. The number of aliphatic hydroxyl groups is 1. The first kappa shape index (κ1) is 10.6. The Labute approximate surface area is 92.6 Å². The topological polar surface area (TPSA) is 66.4 Å². The molecule has 4 nitrogen and oxygen atoms in total. The molecule has 2 rings (SSSR count). The van der Waals surface area contributed by atoms with Crippen LogP contribution in [0.3, 0.4) is 0 Å². The highest BCUT2D eigenvalue weighted by atomic mass is 16.3. The number of nitrogens with one attached hydrogen (secondary N) is 1. The van der Waals surface area contributed by atoms with Crippen molar-refractivity contribution in [2.75, 3.05) is 13.2 Å². The number of ketones is 2. The summed E-state index contributed by atoms with van der Waals surface area (Å²) in [5.74, 6) is -1.01. The van der Waals surface area contributed by atoms with Gasteiger partial charge in [-0.05, 0) is 0 Å². The first-order valence-corrected chi connectivity index (χ1v) is 4.98. The van der Waals surface area contributed by atoms with Crippen LogP contribution < -0.4 is 5.32 Å². The third-order valence-electron chi connectivity index (χ3n) is 2.39. The Morgan fingerprint density at radius 1 is 1.12 bits per heavy atom. The van der Waals surface area contributed by atoms with Crippen LogP contribution >= 0.6 is 0 Å². The second-order valence-electron chi connectivity index (χ2n) is 3.45. The van der Waals surface area contributed by atoms with E-state index in [9.17, 15) is 9.59 Å². The van der Waals surface area contributed by atoms with Gasteiger partial charge in [-0.2, -0.15) is 0 Å². The molecule has 0 aromatic heterocycles. The lowest BCUT2D eigenvalue weighted by atomic mass is 9.93. The first-order valence-electron chi connectivity index (χ1n) is 4.98. The number of Topliss-reactive ketones (excluding diaryl/α,β-unsaturated/α-hetero) is 1. The molecule has 2 N–H and O–H groups in total. The molecule has 1 aliphatic carbocycles. The summed E-state index contributed by atoms with van der Waals surface area (Å²) in [7, 11) is 0.